The van der Waals surface area contributed by atoms with Gasteiger partial charge in [-0.1, -0.05) is 18.6 Å². The molecule has 0 bridgehead atoms. The van der Waals surface area contributed by atoms with Crippen molar-refractivity contribution in [3.05, 3.63) is 41.5 Å². The number of ether oxygens (including phenoxy) is 1. The predicted molar refractivity (Wildman–Crippen MR) is 114 cm³/mol. The van der Waals surface area contributed by atoms with Crippen molar-refractivity contribution in [2.45, 2.75) is 45.6 Å². The van der Waals surface area contributed by atoms with Crippen LogP contribution in [0.2, 0.25) is 0 Å². The van der Waals surface area contributed by atoms with Crippen molar-refractivity contribution in [1.29, 1.82) is 0 Å². The van der Waals surface area contributed by atoms with Gasteiger partial charge in [0, 0.05) is 26.7 Å². The van der Waals surface area contributed by atoms with Crippen LogP contribution in [0.3, 0.4) is 0 Å². The minimum Gasteiger partial charge on any atom is -0.497 e. The number of nitrogens with one attached hydrogen (secondary N) is 1. The largest absolute Gasteiger partial charge is 0.497 e. The zero-order chi connectivity index (χ0) is 20.3. The number of aryl methyl sites for hydroxylation is 1. The van der Waals surface area contributed by atoms with E-state index in [1.54, 1.807) is 7.11 Å². The summed E-state index contributed by atoms with van der Waals surface area (Å²) in [5, 5.41) is 12.0. The summed E-state index contributed by atoms with van der Waals surface area (Å²) in [7, 11) is 3.69. The highest BCUT2D eigenvalue weighted by Gasteiger charge is 2.43. The minimum atomic E-state index is 0.541. The molecular weight excluding hydrogens is 364 g/mol. The minimum absolute atomic E-state index is 0.541. The molecule has 29 heavy (non-hydrogen) atoms. The lowest BCUT2D eigenvalue weighted by Crippen LogP contribution is -2.43. The molecule has 1 aromatic heterocycles. The molecule has 2 aromatic rings. The van der Waals surface area contributed by atoms with Crippen LogP contribution in [0.15, 0.2) is 29.3 Å². The third kappa shape index (κ3) is 4.38. The Bertz CT molecular complexity index is 853. The first kappa shape index (κ1) is 19.7. The van der Waals surface area contributed by atoms with Crippen molar-refractivity contribution in [3.63, 3.8) is 0 Å². The second-order valence-corrected chi connectivity index (χ2v) is 8.41. The Kier molecular flexibility index (Phi) is 5.74. The normalized spacial score (nSPS) is 18.2. The maximum absolute atomic E-state index is 5.25. The van der Waals surface area contributed by atoms with Crippen molar-refractivity contribution in [2.24, 2.45) is 17.5 Å². The summed E-state index contributed by atoms with van der Waals surface area (Å²) < 4.78 is 7.26. The van der Waals surface area contributed by atoms with Crippen LogP contribution in [0.4, 0.5) is 0 Å². The molecule has 1 aliphatic heterocycles. The molecule has 2 fully saturated rings. The highest BCUT2D eigenvalue weighted by atomic mass is 16.5. The quantitative estimate of drug-likeness (QED) is 0.601. The zero-order valence-electron chi connectivity index (χ0n) is 17.8. The molecule has 1 aromatic carbocycles. The Morgan fingerprint density at radius 2 is 2.00 bits per heavy atom. The van der Waals surface area contributed by atoms with E-state index < -0.39 is 0 Å². The Morgan fingerprint density at radius 3 is 2.59 bits per heavy atom. The molecule has 0 amide bonds. The smallest absolute Gasteiger partial charge is 0.194 e. The van der Waals surface area contributed by atoms with E-state index in [4.69, 9.17) is 9.73 Å². The molecule has 1 aliphatic carbocycles. The van der Waals surface area contributed by atoms with Gasteiger partial charge in [-0.05, 0) is 55.7 Å². The lowest BCUT2D eigenvalue weighted by molar-refractivity contribution is 0.151. The maximum Gasteiger partial charge on any atom is 0.194 e. The van der Waals surface area contributed by atoms with Crippen LogP contribution in [-0.4, -0.2) is 52.4 Å². The van der Waals surface area contributed by atoms with Gasteiger partial charge in [-0.25, -0.2) is 4.99 Å². The molecule has 1 saturated heterocycles. The third-order valence-electron chi connectivity index (χ3n) is 6.56. The van der Waals surface area contributed by atoms with Crippen LogP contribution in [0.5, 0.6) is 5.75 Å². The van der Waals surface area contributed by atoms with Gasteiger partial charge in [-0.2, -0.15) is 0 Å². The van der Waals surface area contributed by atoms with Crippen LogP contribution in [-0.2, 0) is 20.0 Å². The number of aromatic nitrogens is 3. The molecular formula is C22H32N6O. The average molecular weight is 397 g/mol. The molecule has 1 N–H and O–H groups in total. The number of aliphatic imine (C=N–C) groups is 1. The first-order valence-electron chi connectivity index (χ1n) is 10.6. The molecule has 2 heterocycles. The van der Waals surface area contributed by atoms with E-state index in [-0.39, 0.29) is 0 Å². The molecule has 2 aliphatic rings. The monoisotopic (exact) mass is 396 g/mol. The second kappa shape index (κ2) is 8.43. The van der Waals surface area contributed by atoms with Crippen LogP contribution in [0, 0.1) is 12.3 Å². The Labute approximate surface area is 173 Å². The lowest BCUT2D eigenvalue weighted by Gasteiger charge is -2.38. The van der Waals surface area contributed by atoms with Gasteiger partial charge in [0.15, 0.2) is 11.8 Å². The number of methoxy groups -OCH3 is 1. The molecule has 7 heteroatoms. The Morgan fingerprint density at radius 1 is 1.21 bits per heavy atom. The van der Waals surface area contributed by atoms with Gasteiger partial charge in [-0.3, -0.25) is 0 Å². The number of guanidine groups is 1. The first-order valence-corrected chi connectivity index (χ1v) is 10.6. The van der Waals surface area contributed by atoms with Crippen molar-refractivity contribution in [2.75, 3.05) is 26.7 Å². The van der Waals surface area contributed by atoms with E-state index in [2.05, 4.69) is 32.5 Å². The van der Waals surface area contributed by atoms with Crippen molar-refractivity contribution < 1.29 is 4.74 Å². The van der Waals surface area contributed by atoms with Crippen molar-refractivity contribution in [1.82, 2.24) is 25.0 Å². The summed E-state index contributed by atoms with van der Waals surface area (Å²) in [6.07, 6.45) is 6.35. The SMILES string of the molecule is COc1ccc(CCNC(=NCc2nnc(C)n2C)N2CCC3(CCC3)C2)cc1. The summed E-state index contributed by atoms with van der Waals surface area (Å²) in [4.78, 5) is 7.36. The molecule has 1 saturated carbocycles. The van der Waals surface area contributed by atoms with Gasteiger partial charge >= 0.3 is 0 Å². The topological polar surface area (TPSA) is 67.6 Å². The molecule has 0 radical (unpaired) electrons. The number of rotatable bonds is 6. The second-order valence-electron chi connectivity index (χ2n) is 8.41. The summed E-state index contributed by atoms with van der Waals surface area (Å²) in [5.41, 5.74) is 1.83. The fraction of sp³-hybridized carbons (Fsp3) is 0.591. The predicted octanol–water partition coefficient (Wildman–Crippen LogP) is 2.70. The third-order valence-corrected chi connectivity index (χ3v) is 6.56. The average Bonchev–Trinajstić information content (AvgIpc) is 3.30. The van der Waals surface area contributed by atoms with Gasteiger partial charge in [0.2, 0.25) is 0 Å². The summed E-state index contributed by atoms with van der Waals surface area (Å²) >= 11 is 0. The van der Waals surface area contributed by atoms with E-state index >= 15 is 0 Å². The molecule has 4 rings (SSSR count). The van der Waals surface area contributed by atoms with Gasteiger partial charge in [0.1, 0.15) is 18.1 Å². The molecule has 1 spiro atoms. The van der Waals surface area contributed by atoms with Gasteiger partial charge < -0.3 is 19.5 Å². The highest BCUT2D eigenvalue weighted by Crippen LogP contribution is 2.47. The lowest BCUT2D eigenvalue weighted by atomic mass is 9.68. The molecule has 0 atom stereocenters. The fourth-order valence-corrected chi connectivity index (χ4v) is 4.31. The standard InChI is InChI=1S/C22H32N6O/c1-17-25-26-20(27(17)2)15-24-21(28-14-12-22(16-28)10-4-11-22)23-13-9-18-5-7-19(29-3)8-6-18/h5-8H,4,9-16H2,1-3H3,(H,23,24). The van der Waals surface area contributed by atoms with Crippen LogP contribution in [0.25, 0.3) is 0 Å². The van der Waals surface area contributed by atoms with Crippen molar-refractivity contribution >= 4 is 5.96 Å². The highest BCUT2D eigenvalue weighted by molar-refractivity contribution is 5.80. The number of hydrogen-bond acceptors (Lipinski definition) is 4. The summed E-state index contributed by atoms with van der Waals surface area (Å²) in [6, 6.07) is 8.28. The van der Waals surface area contributed by atoms with Crippen molar-refractivity contribution in [3.8, 4) is 5.75 Å². The van der Waals surface area contributed by atoms with E-state index in [1.165, 1.54) is 31.2 Å². The molecule has 156 valence electrons. The van der Waals surface area contributed by atoms with Crippen LogP contribution in [0.1, 0.15) is 42.9 Å². The van der Waals surface area contributed by atoms with Gasteiger partial charge in [-0.15, -0.1) is 10.2 Å². The summed E-state index contributed by atoms with van der Waals surface area (Å²) in [5.74, 6) is 3.71. The molecule has 7 nitrogen and oxygen atoms in total. The van der Waals surface area contributed by atoms with E-state index in [9.17, 15) is 0 Å². The molecule has 0 unspecified atom stereocenters. The number of benzene rings is 1. The van der Waals surface area contributed by atoms with Crippen LogP contribution < -0.4 is 10.1 Å². The number of hydrogen-bond donors (Lipinski definition) is 1. The number of nitrogens with zero attached hydrogens (tertiary/aromatic N) is 5. The van der Waals surface area contributed by atoms with E-state index in [0.29, 0.717) is 12.0 Å². The maximum atomic E-state index is 5.25. The van der Waals surface area contributed by atoms with E-state index in [1.807, 2.05) is 30.7 Å². The first-order chi connectivity index (χ1) is 14.1. The van der Waals surface area contributed by atoms with Gasteiger partial charge in [0.25, 0.3) is 0 Å². The number of likely N-dealkylation sites (tertiary alicyclic amines) is 1. The summed E-state index contributed by atoms with van der Waals surface area (Å²) in [6.45, 7) is 5.58. The van der Waals surface area contributed by atoms with E-state index in [0.717, 1.165) is 49.4 Å². The van der Waals surface area contributed by atoms with Gasteiger partial charge in [0.05, 0.1) is 7.11 Å². The Hall–Kier alpha value is -2.57. The Balaban J connectivity index is 1.41. The van der Waals surface area contributed by atoms with Crippen LogP contribution >= 0.6 is 0 Å². The zero-order valence-corrected chi connectivity index (χ0v) is 17.8. The fourth-order valence-electron chi connectivity index (χ4n) is 4.31.